The molecular formula is C30H29N3O12S3. The van der Waals surface area contributed by atoms with Crippen LogP contribution in [0.25, 0.3) is 5.57 Å². The number of thioether (sulfide) groups is 3. The zero-order chi connectivity index (χ0) is 35.3. The number of fused-ring (bicyclic) bond motifs is 3. The molecule has 0 atom stereocenters. The molecule has 3 aliphatic heterocycles. The number of anilines is 1. The van der Waals surface area contributed by atoms with Gasteiger partial charge < -0.3 is 33.9 Å². The molecule has 0 unspecified atom stereocenters. The summed E-state index contributed by atoms with van der Waals surface area (Å²) in [5.74, 6) is -5.06. The van der Waals surface area contributed by atoms with Crippen LogP contribution >= 0.6 is 35.3 Å². The maximum absolute atomic E-state index is 14.3. The lowest BCUT2D eigenvalue weighted by molar-refractivity contribution is -0.138. The number of aromatic nitrogens is 2. The van der Waals surface area contributed by atoms with Gasteiger partial charge in [-0.2, -0.15) is 0 Å². The number of aromatic hydroxyl groups is 2. The standard InChI is InChI=1S/C30H29N3O12S3/c1-29(2)23-17(13-10-11-31-24(41-3)19(13)33(29)16(36)12-32-14(34)8-9-15(32)35)30(18(25(37)42-4)20(46-23)26(38)43-5)47-21(27(39)44-6)22(48-30)28(40)45-7/h8-11,34-35H,12H2,1-7H3. The Bertz CT molecular complexity index is 1830. The SMILES string of the molecule is COC(=O)C1=C(C(=O)OC)SC2(S1)C(C(=O)OC)=C(C(=O)OC)SC1=C2c2ccnc(OC)c2N(C(=O)Cn2c(O)ccc2O)C1(C)C. The summed E-state index contributed by atoms with van der Waals surface area (Å²) in [7, 11) is 5.83. The van der Waals surface area contributed by atoms with E-state index in [9.17, 15) is 34.2 Å². The van der Waals surface area contributed by atoms with Crippen molar-refractivity contribution in [2.24, 2.45) is 0 Å². The average molecular weight is 720 g/mol. The number of rotatable bonds is 7. The summed E-state index contributed by atoms with van der Waals surface area (Å²) in [6, 6.07) is 4.01. The fourth-order valence-corrected chi connectivity index (χ4v) is 10.7. The number of nitrogens with zero attached hydrogens (tertiary/aromatic N) is 3. The second-order valence-electron chi connectivity index (χ2n) is 10.6. The number of carbonyl (C=O) groups excluding carboxylic acids is 5. The molecule has 0 saturated heterocycles. The zero-order valence-electron chi connectivity index (χ0n) is 26.6. The molecule has 0 aromatic carbocycles. The van der Waals surface area contributed by atoms with Crippen molar-refractivity contribution in [1.82, 2.24) is 9.55 Å². The molecule has 1 amide bonds. The molecule has 2 aromatic heterocycles. The first-order chi connectivity index (χ1) is 22.7. The lowest BCUT2D eigenvalue weighted by atomic mass is 9.83. The van der Waals surface area contributed by atoms with Crippen LogP contribution in [0.4, 0.5) is 5.69 Å². The van der Waals surface area contributed by atoms with Gasteiger partial charge in [0.1, 0.15) is 31.0 Å². The molecule has 48 heavy (non-hydrogen) atoms. The predicted molar refractivity (Wildman–Crippen MR) is 175 cm³/mol. The molecule has 254 valence electrons. The summed E-state index contributed by atoms with van der Waals surface area (Å²) >= 11 is 2.41. The van der Waals surface area contributed by atoms with Crippen molar-refractivity contribution >= 4 is 76.3 Å². The Kier molecular flexibility index (Phi) is 9.28. The lowest BCUT2D eigenvalue weighted by Gasteiger charge is -2.50. The van der Waals surface area contributed by atoms with E-state index < -0.39 is 45.9 Å². The number of carbonyl (C=O) groups is 5. The number of hydrogen-bond donors (Lipinski definition) is 2. The van der Waals surface area contributed by atoms with Gasteiger partial charge in [-0.1, -0.05) is 35.3 Å². The molecule has 1 spiro atoms. The molecule has 2 N–H and O–H groups in total. The van der Waals surface area contributed by atoms with Crippen LogP contribution in [0.2, 0.25) is 0 Å². The monoisotopic (exact) mass is 719 g/mol. The van der Waals surface area contributed by atoms with E-state index in [1.54, 1.807) is 19.9 Å². The van der Waals surface area contributed by atoms with Gasteiger partial charge >= 0.3 is 23.9 Å². The second-order valence-corrected chi connectivity index (χ2v) is 14.3. The number of methoxy groups -OCH3 is 5. The highest BCUT2D eigenvalue weighted by Crippen LogP contribution is 2.71. The summed E-state index contributed by atoms with van der Waals surface area (Å²) in [4.78, 5) is 73.4. The third kappa shape index (κ3) is 5.18. The highest BCUT2D eigenvalue weighted by Gasteiger charge is 2.62. The third-order valence-electron chi connectivity index (χ3n) is 7.69. The van der Waals surface area contributed by atoms with Gasteiger partial charge in [-0.3, -0.25) is 14.3 Å². The van der Waals surface area contributed by atoms with Crippen LogP contribution in [0.1, 0.15) is 19.4 Å². The van der Waals surface area contributed by atoms with E-state index in [1.165, 1.54) is 30.3 Å². The summed E-state index contributed by atoms with van der Waals surface area (Å²) in [6.07, 6.45) is 1.41. The van der Waals surface area contributed by atoms with Crippen molar-refractivity contribution in [3.8, 4) is 17.6 Å². The maximum atomic E-state index is 14.3. The minimum absolute atomic E-state index is 0.00808. The summed E-state index contributed by atoms with van der Waals surface area (Å²) in [5.41, 5.74) is -0.882. The van der Waals surface area contributed by atoms with Crippen LogP contribution < -0.4 is 9.64 Å². The van der Waals surface area contributed by atoms with Crippen molar-refractivity contribution in [3.63, 3.8) is 0 Å². The number of ether oxygens (including phenoxy) is 5. The Morgan fingerprint density at radius 3 is 1.81 bits per heavy atom. The molecule has 0 aliphatic carbocycles. The first kappa shape index (κ1) is 34.8. The van der Waals surface area contributed by atoms with Gasteiger partial charge in [0.15, 0.2) is 11.8 Å². The van der Waals surface area contributed by atoms with Gasteiger partial charge in [0.25, 0.3) is 0 Å². The average Bonchev–Trinajstić information content (AvgIpc) is 3.62. The molecule has 15 nitrogen and oxygen atoms in total. The van der Waals surface area contributed by atoms with E-state index in [2.05, 4.69) is 4.98 Å². The van der Waals surface area contributed by atoms with Crippen LogP contribution in [0.5, 0.6) is 17.6 Å². The van der Waals surface area contributed by atoms with E-state index in [0.717, 1.165) is 68.3 Å². The molecule has 0 saturated carbocycles. The first-order valence-corrected chi connectivity index (χ1v) is 16.3. The normalized spacial score (nSPS) is 17.5. The van der Waals surface area contributed by atoms with Gasteiger partial charge in [0.2, 0.25) is 11.8 Å². The van der Waals surface area contributed by atoms with Gasteiger partial charge in [0.05, 0.1) is 46.7 Å². The molecule has 2 aromatic rings. The Hall–Kier alpha value is -4.55. The van der Waals surface area contributed by atoms with E-state index in [1.807, 2.05) is 0 Å². The van der Waals surface area contributed by atoms with Crippen LogP contribution in [0.3, 0.4) is 0 Å². The quantitative estimate of drug-likeness (QED) is 0.313. The van der Waals surface area contributed by atoms with Crippen LogP contribution in [0.15, 0.2) is 49.6 Å². The molecule has 3 aliphatic rings. The Labute approximate surface area is 286 Å². The molecular weight excluding hydrogens is 691 g/mol. The van der Waals surface area contributed by atoms with E-state index >= 15 is 0 Å². The number of esters is 4. The molecule has 0 radical (unpaired) electrons. The van der Waals surface area contributed by atoms with Crippen molar-refractivity contribution in [2.45, 2.75) is 30.0 Å². The lowest BCUT2D eigenvalue weighted by Crippen LogP contribution is -2.54. The maximum Gasteiger partial charge on any atom is 0.345 e. The summed E-state index contributed by atoms with van der Waals surface area (Å²) < 4.78 is 25.1. The molecule has 5 heterocycles. The van der Waals surface area contributed by atoms with Crippen molar-refractivity contribution in [1.29, 1.82) is 0 Å². The summed E-state index contributed by atoms with van der Waals surface area (Å²) in [5, 5.41) is 20.7. The van der Waals surface area contributed by atoms with Crippen molar-refractivity contribution in [3.05, 3.63) is 55.2 Å². The van der Waals surface area contributed by atoms with Gasteiger partial charge in [-0.15, -0.1) is 0 Å². The van der Waals surface area contributed by atoms with Crippen LogP contribution in [0, 0.1) is 0 Å². The fraction of sp³-hybridized carbons (Fsp3) is 0.333. The third-order valence-corrected chi connectivity index (χ3v) is 12.3. The molecule has 0 fully saturated rings. The number of amides is 1. The van der Waals surface area contributed by atoms with Crippen molar-refractivity contribution in [2.75, 3.05) is 40.4 Å². The van der Waals surface area contributed by atoms with E-state index in [4.69, 9.17) is 23.7 Å². The molecule has 18 heteroatoms. The Morgan fingerprint density at radius 2 is 1.31 bits per heavy atom. The molecule has 5 rings (SSSR count). The topological polar surface area (TPSA) is 193 Å². The van der Waals surface area contributed by atoms with Crippen molar-refractivity contribution < 1.29 is 57.9 Å². The second kappa shape index (κ2) is 12.8. The highest BCUT2D eigenvalue weighted by atomic mass is 32.2. The molecule has 0 bridgehead atoms. The van der Waals surface area contributed by atoms with E-state index in [0.29, 0.717) is 16.0 Å². The summed E-state index contributed by atoms with van der Waals surface area (Å²) in [6.45, 7) is 2.81. The predicted octanol–water partition coefficient (Wildman–Crippen LogP) is 2.92. The fourth-order valence-electron chi connectivity index (χ4n) is 5.62. The smallest absolute Gasteiger partial charge is 0.345 e. The number of hydrogen-bond acceptors (Lipinski definition) is 16. The van der Waals surface area contributed by atoms with Crippen LogP contribution in [-0.4, -0.2) is 94.7 Å². The highest BCUT2D eigenvalue weighted by molar-refractivity contribution is 8.26. The first-order valence-electron chi connectivity index (χ1n) is 13.8. The van der Waals surface area contributed by atoms with Crippen LogP contribution in [-0.2, 0) is 49.5 Å². The minimum atomic E-state index is -1.80. The largest absolute Gasteiger partial charge is 0.494 e. The van der Waals surface area contributed by atoms with Gasteiger partial charge in [0, 0.05) is 34.4 Å². The van der Waals surface area contributed by atoms with E-state index in [-0.39, 0.29) is 43.6 Å². The van der Waals surface area contributed by atoms with Gasteiger partial charge in [-0.25, -0.2) is 24.2 Å². The van der Waals surface area contributed by atoms with Gasteiger partial charge in [-0.05, 0) is 19.9 Å². The zero-order valence-corrected chi connectivity index (χ0v) is 29.0. The Morgan fingerprint density at radius 1 is 0.792 bits per heavy atom. The number of pyridine rings is 1. The Balaban J connectivity index is 1.88. The minimum Gasteiger partial charge on any atom is -0.494 e.